The van der Waals surface area contributed by atoms with Crippen molar-refractivity contribution < 1.29 is 9.53 Å². The van der Waals surface area contributed by atoms with Gasteiger partial charge in [-0.25, -0.2) is 0 Å². The Morgan fingerprint density at radius 3 is 2.63 bits per heavy atom. The van der Waals surface area contributed by atoms with Crippen LogP contribution in [-0.4, -0.2) is 50.6 Å². The van der Waals surface area contributed by atoms with E-state index in [-0.39, 0.29) is 5.91 Å². The van der Waals surface area contributed by atoms with Crippen molar-refractivity contribution in [2.45, 2.75) is 13.3 Å². The summed E-state index contributed by atoms with van der Waals surface area (Å²) in [4.78, 5) is 16.7. The molecular weight excluding hydrogens is 362 g/mol. The van der Waals surface area contributed by atoms with E-state index >= 15 is 0 Å². The van der Waals surface area contributed by atoms with E-state index in [2.05, 4.69) is 16.3 Å². The van der Waals surface area contributed by atoms with E-state index in [4.69, 9.17) is 16.3 Å². The lowest BCUT2D eigenvalue weighted by molar-refractivity contribution is -0.131. The van der Waals surface area contributed by atoms with Gasteiger partial charge in [-0.05, 0) is 42.8 Å². The van der Waals surface area contributed by atoms with E-state index in [1.807, 2.05) is 48.2 Å². The number of amides is 1. The first-order valence-electron chi connectivity index (χ1n) is 9.23. The normalized spacial score (nSPS) is 14.2. The minimum Gasteiger partial charge on any atom is -0.495 e. The number of carbonyl (C=O) groups is 1. The second-order valence-corrected chi connectivity index (χ2v) is 7.16. The number of methoxy groups -OCH3 is 1. The van der Waals surface area contributed by atoms with Crippen molar-refractivity contribution in [3.63, 3.8) is 0 Å². The number of halogens is 1. The predicted octanol–water partition coefficient (Wildman–Crippen LogP) is 3.81. The number of aryl methyl sites for hydroxylation is 1. The predicted molar refractivity (Wildman–Crippen MR) is 111 cm³/mol. The highest BCUT2D eigenvalue weighted by Gasteiger charge is 2.21. The Kier molecular flexibility index (Phi) is 6.45. The molecule has 0 radical (unpaired) electrons. The number of anilines is 2. The summed E-state index contributed by atoms with van der Waals surface area (Å²) in [7, 11) is 1.65. The number of carbonyl (C=O) groups excluding carboxylic acids is 1. The van der Waals surface area contributed by atoms with Crippen LogP contribution in [0.4, 0.5) is 11.4 Å². The van der Waals surface area contributed by atoms with Crippen LogP contribution in [0, 0.1) is 6.92 Å². The van der Waals surface area contributed by atoms with Gasteiger partial charge in [-0.2, -0.15) is 0 Å². The Morgan fingerprint density at radius 1 is 1.15 bits per heavy atom. The fourth-order valence-electron chi connectivity index (χ4n) is 3.31. The van der Waals surface area contributed by atoms with Gasteiger partial charge in [0.2, 0.25) is 5.91 Å². The summed E-state index contributed by atoms with van der Waals surface area (Å²) < 4.78 is 5.36. The molecule has 0 bridgehead atoms. The van der Waals surface area contributed by atoms with Crippen LogP contribution in [0.15, 0.2) is 42.5 Å². The van der Waals surface area contributed by atoms with Crippen LogP contribution in [0.2, 0.25) is 5.02 Å². The first-order valence-corrected chi connectivity index (χ1v) is 9.61. The summed E-state index contributed by atoms with van der Waals surface area (Å²) in [6, 6.07) is 13.8. The Labute approximate surface area is 165 Å². The SMILES string of the molecule is COc1ccc(C)cc1NCCC(=O)N1CCN(c2cccc(Cl)c2)CC1. The highest BCUT2D eigenvalue weighted by Crippen LogP contribution is 2.25. The van der Waals surface area contributed by atoms with Gasteiger partial charge < -0.3 is 19.9 Å². The number of ether oxygens (including phenoxy) is 1. The van der Waals surface area contributed by atoms with E-state index in [1.54, 1.807) is 7.11 Å². The fraction of sp³-hybridized carbons (Fsp3) is 0.381. The molecule has 0 spiro atoms. The number of rotatable bonds is 6. The molecule has 0 saturated carbocycles. The summed E-state index contributed by atoms with van der Waals surface area (Å²) in [5, 5.41) is 4.06. The van der Waals surface area contributed by atoms with Crippen molar-refractivity contribution in [2.75, 3.05) is 50.1 Å². The molecule has 27 heavy (non-hydrogen) atoms. The summed E-state index contributed by atoms with van der Waals surface area (Å²) in [6.45, 7) is 5.75. The molecule has 1 saturated heterocycles. The molecule has 1 aliphatic rings. The van der Waals surface area contributed by atoms with Crippen molar-refractivity contribution >= 4 is 28.9 Å². The first kappa shape index (κ1) is 19.4. The molecule has 1 fully saturated rings. The fourth-order valence-corrected chi connectivity index (χ4v) is 3.49. The summed E-state index contributed by atoms with van der Waals surface area (Å²) in [6.07, 6.45) is 0.467. The Hall–Kier alpha value is -2.40. The molecule has 1 aliphatic heterocycles. The van der Waals surface area contributed by atoms with Crippen LogP contribution in [-0.2, 0) is 4.79 Å². The largest absolute Gasteiger partial charge is 0.495 e. The zero-order valence-corrected chi connectivity index (χ0v) is 16.6. The zero-order valence-electron chi connectivity index (χ0n) is 15.9. The molecule has 1 N–H and O–H groups in total. The summed E-state index contributed by atoms with van der Waals surface area (Å²) >= 11 is 6.08. The molecule has 144 valence electrons. The highest BCUT2D eigenvalue weighted by atomic mass is 35.5. The van der Waals surface area contributed by atoms with E-state index in [1.165, 1.54) is 0 Å². The topological polar surface area (TPSA) is 44.8 Å². The number of piperazine rings is 1. The molecule has 0 unspecified atom stereocenters. The zero-order chi connectivity index (χ0) is 19.2. The smallest absolute Gasteiger partial charge is 0.224 e. The quantitative estimate of drug-likeness (QED) is 0.818. The van der Waals surface area contributed by atoms with Crippen LogP contribution in [0.25, 0.3) is 0 Å². The van der Waals surface area contributed by atoms with Gasteiger partial charge >= 0.3 is 0 Å². The van der Waals surface area contributed by atoms with Crippen LogP contribution < -0.4 is 15.0 Å². The average Bonchev–Trinajstić information content (AvgIpc) is 2.68. The van der Waals surface area contributed by atoms with Gasteiger partial charge in [0.05, 0.1) is 12.8 Å². The molecule has 2 aromatic rings. The maximum absolute atomic E-state index is 12.5. The minimum absolute atomic E-state index is 0.180. The lowest BCUT2D eigenvalue weighted by Crippen LogP contribution is -2.49. The lowest BCUT2D eigenvalue weighted by atomic mass is 10.2. The third-order valence-electron chi connectivity index (χ3n) is 4.82. The third-order valence-corrected chi connectivity index (χ3v) is 5.05. The second-order valence-electron chi connectivity index (χ2n) is 6.73. The molecule has 0 aromatic heterocycles. The molecule has 2 aromatic carbocycles. The summed E-state index contributed by atoms with van der Waals surface area (Å²) in [5.74, 6) is 0.975. The molecule has 6 heteroatoms. The van der Waals surface area contributed by atoms with E-state index in [0.717, 1.165) is 53.9 Å². The van der Waals surface area contributed by atoms with Crippen molar-refractivity contribution in [2.24, 2.45) is 0 Å². The van der Waals surface area contributed by atoms with Gasteiger partial charge in [0.15, 0.2) is 0 Å². The number of benzene rings is 2. The molecule has 3 rings (SSSR count). The molecule has 5 nitrogen and oxygen atoms in total. The van der Waals surface area contributed by atoms with Gasteiger partial charge in [0, 0.05) is 49.9 Å². The Balaban J connectivity index is 1.47. The van der Waals surface area contributed by atoms with Gasteiger partial charge in [-0.3, -0.25) is 4.79 Å². The first-order chi connectivity index (χ1) is 13.1. The van der Waals surface area contributed by atoms with E-state index in [0.29, 0.717) is 13.0 Å². The standard InChI is InChI=1S/C21H26ClN3O2/c1-16-6-7-20(27-2)19(14-16)23-9-8-21(26)25-12-10-24(11-13-25)18-5-3-4-17(22)15-18/h3-7,14-15,23H,8-13H2,1-2H3. The van der Waals surface area contributed by atoms with Gasteiger partial charge in [0.25, 0.3) is 0 Å². The van der Waals surface area contributed by atoms with Crippen molar-refractivity contribution in [1.29, 1.82) is 0 Å². The van der Waals surface area contributed by atoms with Crippen molar-refractivity contribution in [1.82, 2.24) is 4.90 Å². The molecule has 1 amide bonds. The summed E-state index contributed by atoms with van der Waals surface area (Å²) in [5.41, 5.74) is 3.20. The maximum Gasteiger partial charge on any atom is 0.224 e. The number of hydrogen-bond donors (Lipinski definition) is 1. The average molecular weight is 388 g/mol. The van der Waals surface area contributed by atoms with Crippen molar-refractivity contribution in [3.8, 4) is 5.75 Å². The number of nitrogens with one attached hydrogen (secondary N) is 1. The Morgan fingerprint density at radius 2 is 1.93 bits per heavy atom. The minimum atomic E-state index is 0.180. The molecule has 0 aliphatic carbocycles. The third kappa shape index (κ3) is 5.07. The van der Waals surface area contributed by atoms with Gasteiger partial charge in [-0.15, -0.1) is 0 Å². The molecule has 0 atom stereocenters. The van der Waals surface area contributed by atoms with Crippen LogP contribution in [0.1, 0.15) is 12.0 Å². The maximum atomic E-state index is 12.5. The monoisotopic (exact) mass is 387 g/mol. The molecule has 1 heterocycles. The molecular formula is C21H26ClN3O2. The van der Waals surface area contributed by atoms with Gasteiger partial charge in [-0.1, -0.05) is 23.7 Å². The van der Waals surface area contributed by atoms with E-state index in [9.17, 15) is 4.79 Å². The number of hydrogen-bond acceptors (Lipinski definition) is 4. The second kappa shape index (κ2) is 9.00. The van der Waals surface area contributed by atoms with Crippen molar-refractivity contribution in [3.05, 3.63) is 53.1 Å². The van der Waals surface area contributed by atoms with E-state index < -0.39 is 0 Å². The lowest BCUT2D eigenvalue weighted by Gasteiger charge is -2.36. The van der Waals surface area contributed by atoms with Crippen LogP contribution in [0.3, 0.4) is 0 Å². The number of nitrogens with zero attached hydrogens (tertiary/aromatic N) is 2. The Bertz CT molecular complexity index is 789. The van der Waals surface area contributed by atoms with Gasteiger partial charge in [0.1, 0.15) is 5.75 Å². The van der Waals surface area contributed by atoms with Crippen LogP contribution >= 0.6 is 11.6 Å². The highest BCUT2D eigenvalue weighted by molar-refractivity contribution is 6.30. The van der Waals surface area contributed by atoms with Crippen LogP contribution in [0.5, 0.6) is 5.75 Å².